The van der Waals surface area contributed by atoms with Gasteiger partial charge in [0.25, 0.3) is 0 Å². The Balaban J connectivity index is 3.36. The molecule has 0 aromatic carbocycles. The molecule has 0 saturated carbocycles. The fraction of sp³-hybridized carbons (Fsp3) is 0.941. The number of unbranched alkanes of at least 4 members (excludes halogenated alkanes) is 54. The summed E-state index contributed by atoms with van der Waals surface area (Å²) in [6, 6.07) is 0. The standard InChI is InChI=1S/C68H132O5/c1-3-5-7-9-11-13-15-17-19-21-23-25-27-28-29-30-31-32-33-34-35-36-37-38-39-41-42-44-46-48-50-52-54-56-58-60-62-67(70)72-65-66(64-69)73-68(71)63-61-59-57-55-53-51-49-47-45-43-40-26-24-22-20-18-16-14-12-10-8-6-4-2/h22,24,66,69H,3-21,23,25-65H2,1-2H3/b24-22-. The summed E-state index contributed by atoms with van der Waals surface area (Å²) in [5.74, 6) is -0.566. The van der Waals surface area contributed by atoms with E-state index in [9.17, 15) is 14.7 Å². The molecule has 0 aromatic rings. The van der Waals surface area contributed by atoms with Gasteiger partial charge in [0, 0.05) is 12.8 Å². The summed E-state index contributed by atoms with van der Waals surface area (Å²) >= 11 is 0. The molecule has 1 atom stereocenters. The predicted octanol–water partition coefficient (Wildman–Crippen LogP) is 23.0. The summed E-state index contributed by atoms with van der Waals surface area (Å²) in [6.45, 7) is 4.21. The molecule has 0 saturated heterocycles. The Labute approximate surface area is 458 Å². The highest BCUT2D eigenvalue weighted by Crippen LogP contribution is 2.19. The van der Waals surface area contributed by atoms with Gasteiger partial charge in [0.1, 0.15) is 6.61 Å². The van der Waals surface area contributed by atoms with Gasteiger partial charge in [0.05, 0.1) is 6.61 Å². The molecular formula is C68H132O5. The van der Waals surface area contributed by atoms with E-state index in [1.165, 1.54) is 334 Å². The Morgan fingerprint density at radius 1 is 0.301 bits per heavy atom. The van der Waals surface area contributed by atoms with Crippen molar-refractivity contribution in [2.75, 3.05) is 13.2 Å². The van der Waals surface area contributed by atoms with E-state index < -0.39 is 6.10 Å². The van der Waals surface area contributed by atoms with Gasteiger partial charge in [-0.15, -0.1) is 0 Å². The van der Waals surface area contributed by atoms with Crippen LogP contribution >= 0.6 is 0 Å². The van der Waals surface area contributed by atoms with Gasteiger partial charge < -0.3 is 14.6 Å². The van der Waals surface area contributed by atoms with Crippen molar-refractivity contribution in [2.45, 2.75) is 399 Å². The van der Waals surface area contributed by atoms with Crippen LogP contribution in [-0.2, 0) is 19.1 Å². The molecule has 1 N–H and O–H groups in total. The van der Waals surface area contributed by atoms with Crippen LogP contribution in [0.3, 0.4) is 0 Å². The zero-order chi connectivity index (χ0) is 52.7. The molecule has 1 unspecified atom stereocenters. The van der Waals surface area contributed by atoms with Crippen LogP contribution in [-0.4, -0.2) is 36.4 Å². The van der Waals surface area contributed by atoms with Gasteiger partial charge in [0.15, 0.2) is 6.10 Å². The van der Waals surface area contributed by atoms with Crippen molar-refractivity contribution < 1.29 is 24.2 Å². The molecule has 5 nitrogen and oxygen atoms in total. The Bertz CT molecular complexity index is 1070. The van der Waals surface area contributed by atoms with Gasteiger partial charge in [-0.3, -0.25) is 9.59 Å². The molecule has 0 bridgehead atoms. The quantitative estimate of drug-likeness (QED) is 0.0373. The van der Waals surface area contributed by atoms with E-state index in [1.807, 2.05) is 0 Å². The molecule has 0 rings (SSSR count). The fourth-order valence-corrected chi connectivity index (χ4v) is 10.7. The number of ether oxygens (including phenoxy) is 2. The van der Waals surface area contributed by atoms with Crippen LogP contribution in [0.2, 0.25) is 0 Å². The molecule has 0 amide bonds. The summed E-state index contributed by atoms with van der Waals surface area (Å²) in [6.07, 6.45) is 82.5. The van der Waals surface area contributed by atoms with Crippen LogP contribution in [0.25, 0.3) is 0 Å². The van der Waals surface area contributed by atoms with Crippen molar-refractivity contribution in [2.24, 2.45) is 0 Å². The first kappa shape index (κ1) is 71.6. The normalized spacial score (nSPS) is 12.1. The number of hydrogen-bond donors (Lipinski definition) is 1. The first-order chi connectivity index (χ1) is 36.1. The van der Waals surface area contributed by atoms with Crippen molar-refractivity contribution in [1.82, 2.24) is 0 Å². The maximum Gasteiger partial charge on any atom is 0.306 e. The van der Waals surface area contributed by atoms with Gasteiger partial charge in [0.2, 0.25) is 0 Å². The molecular weight excluding hydrogens is 897 g/mol. The molecule has 0 spiro atoms. The van der Waals surface area contributed by atoms with Gasteiger partial charge >= 0.3 is 11.9 Å². The van der Waals surface area contributed by atoms with E-state index >= 15 is 0 Å². The van der Waals surface area contributed by atoms with E-state index in [4.69, 9.17) is 9.47 Å². The Morgan fingerprint density at radius 2 is 0.507 bits per heavy atom. The molecule has 434 valence electrons. The largest absolute Gasteiger partial charge is 0.462 e. The number of rotatable bonds is 64. The molecule has 0 aliphatic heterocycles. The van der Waals surface area contributed by atoms with Crippen LogP contribution in [0.1, 0.15) is 393 Å². The van der Waals surface area contributed by atoms with E-state index in [2.05, 4.69) is 26.0 Å². The highest BCUT2D eigenvalue weighted by Gasteiger charge is 2.16. The zero-order valence-electron chi connectivity index (χ0n) is 49.9. The minimum atomic E-state index is -0.768. The average Bonchev–Trinajstić information content (AvgIpc) is 3.39. The highest BCUT2D eigenvalue weighted by atomic mass is 16.6. The molecule has 0 aromatic heterocycles. The highest BCUT2D eigenvalue weighted by molar-refractivity contribution is 5.70. The second kappa shape index (κ2) is 64.9. The summed E-state index contributed by atoms with van der Waals surface area (Å²) in [5.41, 5.74) is 0. The number of aliphatic hydroxyl groups is 1. The van der Waals surface area contributed by atoms with Crippen LogP contribution in [0.15, 0.2) is 12.2 Å². The van der Waals surface area contributed by atoms with Crippen LogP contribution in [0.5, 0.6) is 0 Å². The van der Waals surface area contributed by atoms with Crippen LogP contribution in [0, 0.1) is 0 Å². The van der Waals surface area contributed by atoms with E-state index in [0.717, 1.165) is 32.1 Å². The fourth-order valence-electron chi connectivity index (χ4n) is 10.7. The SMILES string of the molecule is CCCCCCCCCC/C=C\CCCCCCCCCCCCCC(=O)OC(CO)COC(=O)CCCCCCCCCCCCCCCCCCCCCCCCCCCCCCCCCCCCCC. The van der Waals surface area contributed by atoms with E-state index in [1.54, 1.807) is 0 Å². The Kier molecular flexibility index (Phi) is 63.7. The number of allylic oxidation sites excluding steroid dienone is 2. The second-order valence-electron chi connectivity index (χ2n) is 23.3. The van der Waals surface area contributed by atoms with Crippen molar-refractivity contribution in [3.63, 3.8) is 0 Å². The first-order valence-electron chi connectivity index (χ1n) is 33.7. The lowest BCUT2D eigenvalue weighted by Crippen LogP contribution is -2.28. The second-order valence-corrected chi connectivity index (χ2v) is 23.3. The summed E-state index contributed by atoms with van der Waals surface area (Å²) < 4.78 is 10.7. The number of carbonyl (C=O) groups excluding carboxylic acids is 2. The third-order valence-electron chi connectivity index (χ3n) is 15.8. The maximum atomic E-state index is 12.3. The monoisotopic (exact) mass is 1030 g/mol. The number of esters is 2. The third-order valence-corrected chi connectivity index (χ3v) is 15.8. The number of hydrogen-bond acceptors (Lipinski definition) is 5. The summed E-state index contributed by atoms with van der Waals surface area (Å²) in [7, 11) is 0. The summed E-state index contributed by atoms with van der Waals surface area (Å²) in [4.78, 5) is 24.6. The lowest BCUT2D eigenvalue weighted by atomic mass is 10.0. The molecule has 0 radical (unpaired) electrons. The van der Waals surface area contributed by atoms with Gasteiger partial charge in [-0.25, -0.2) is 0 Å². The van der Waals surface area contributed by atoms with Gasteiger partial charge in [-0.05, 0) is 38.5 Å². The van der Waals surface area contributed by atoms with Crippen molar-refractivity contribution in [1.29, 1.82) is 0 Å². The Morgan fingerprint density at radius 3 is 0.740 bits per heavy atom. The minimum absolute atomic E-state index is 0.0583. The van der Waals surface area contributed by atoms with E-state index in [-0.39, 0.29) is 25.2 Å². The van der Waals surface area contributed by atoms with Crippen LogP contribution < -0.4 is 0 Å². The van der Waals surface area contributed by atoms with Crippen LogP contribution in [0.4, 0.5) is 0 Å². The van der Waals surface area contributed by atoms with Crippen molar-refractivity contribution >= 4 is 11.9 Å². The van der Waals surface area contributed by atoms with Crippen molar-refractivity contribution in [3.05, 3.63) is 12.2 Å². The summed E-state index contributed by atoms with van der Waals surface area (Å²) in [5, 5.41) is 9.68. The lowest BCUT2D eigenvalue weighted by Gasteiger charge is -2.15. The molecule has 0 fully saturated rings. The maximum absolute atomic E-state index is 12.3. The van der Waals surface area contributed by atoms with Crippen molar-refractivity contribution in [3.8, 4) is 0 Å². The molecule has 5 heteroatoms. The molecule has 73 heavy (non-hydrogen) atoms. The molecule has 0 heterocycles. The topological polar surface area (TPSA) is 72.8 Å². The first-order valence-corrected chi connectivity index (χ1v) is 33.7. The lowest BCUT2D eigenvalue weighted by molar-refractivity contribution is -0.161. The zero-order valence-corrected chi connectivity index (χ0v) is 49.9. The molecule has 0 aliphatic rings. The smallest absolute Gasteiger partial charge is 0.306 e. The third kappa shape index (κ3) is 63.1. The number of aliphatic hydroxyl groups excluding tert-OH is 1. The molecule has 0 aliphatic carbocycles. The van der Waals surface area contributed by atoms with Gasteiger partial charge in [-0.2, -0.15) is 0 Å². The van der Waals surface area contributed by atoms with Gasteiger partial charge in [-0.1, -0.05) is 353 Å². The minimum Gasteiger partial charge on any atom is -0.462 e. The Hall–Kier alpha value is -1.36. The van der Waals surface area contributed by atoms with E-state index in [0.29, 0.717) is 12.8 Å². The number of carbonyl (C=O) groups is 2. The predicted molar refractivity (Wildman–Crippen MR) is 321 cm³/mol. The average molecular weight is 1030 g/mol.